The minimum absolute atomic E-state index is 0.0226. The normalized spacial score (nSPS) is 17.6. The van der Waals surface area contributed by atoms with Gasteiger partial charge in [0.25, 0.3) is 0 Å². The number of benzene rings is 1. The van der Waals surface area contributed by atoms with Crippen LogP contribution in [-0.2, 0) is 12.6 Å². The fourth-order valence-electron chi connectivity index (χ4n) is 2.63. The van der Waals surface area contributed by atoms with E-state index in [1.54, 1.807) is 12.1 Å². The number of halogens is 3. The molecule has 0 bridgehead atoms. The number of pyridine rings is 1. The molecule has 0 saturated heterocycles. The summed E-state index contributed by atoms with van der Waals surface area (Å²) in [6.07, 6.45) is -1.71. The van der Waals surface area contributed by atoms with Crippen molar-refractivity contribution >= 4 is 5.69 Å². The second-order valence-corrected chi connectivity index (χ2v) is 5.01. The number of fused-ring (bicyclic) bond motifs is 1. The Kier molecular flexibility index (Phi) is 3.23. The lowest BCUT2D eigenvalue weighted by Crippen LogP contribution is -2.10. The molecule has 0 saturated carbocycles. The molecule has 1 aromatic carbocycles. The maximum Gasteiger partial charge on any atom is 0.433 e. The predicted molar refractivity (Wildman–Crippen MR) is 72.0 cm³/mol. The maximum atomic E-state index is 12.5. The molecule has 3 nitrogen and oxygen atoms in total. The molecule has 3 rings (SSSR count). The average molecular weight is 294 g/mol. The molecule has 0 spiro atoms. The highest BCUT2D eigenvalue weighted by Crippen LogP contribution is 2.38. The first-order valence-electron chi connectivity index (χ1n) is 6.55. The van der Waals surface area contributed by atoms with Gasteiger partial charge in [0.2, 0.25) is 0 Å². The molecule has 1 heterocycles. The van der Waals surface area contributed by atoms with Crippen molar-refractivity contribution in [1.82, 2.24) is 4.98 Å². The molecule has 0 amide bonds. The quantitative estimate of drug-likeness (QED) is 0.882. The Bertz CT molecular complexity index is 653. The minimum atomic E-state index is -4.43. The summed E-state index contributed by atoms with van der Waals surface area (Å²) in [5.74, 6) is 0.266. The van der Waals surface area contributed by atoms with Crippen LogP contribution in [0.1, 0.15) is 29.3 Å². The molecule has 2 N–H and O–H groups in total. The molecule has 110 valence electrons. The standard InChI is InChI=1S/C15H13F3N2O/c16-15(17,18)14-7-4-9(8-19-14)20-12-6-5-11-10(12)2-1-3-13(11)21/h1-4,7-8,12,20-21H,5-6H2. The number of anilines is 1. The van der Waals surface area contributed by atoms with Crippen LogP contribution in [0.3, 0.4) is 0 Å². The van der Waals surface area contributed by atoms with Gasteiger partial charge in [-0.2, -0.15) is 13.2 Å². The van der Waals surface area contributed by atoms with E-state index < -0.39 is 11.9 Å². The van der Waals surface area contributed by atoms with Gasteiger partial charge in [0.05, 0.1) is 17.9 Å². The first kappa shape index (κ1) is 13.7. The van der Waals surface area contributed by atoms with Crippen molar-refractivity contribution in [2.75, 3.05) is 5.32 Å². The summed E-state index contributed by atoms with van der Waals surface area (Å²) in [5, 5.41) is 12.9. The zero-order valence-corrected chi connectivity index (χ0v) is 11.0. The molecule has 1 aliphatic carbocycles. The lowest BCUT2D eigenvalue weighted by molar-refractivity contribution is -0.141. The lowest BCUT2D eigenvalue weighted by atomic mass is 10.1. The zero-order chi connectivity index (χ0) is 15.0. The van der Waals surface area contributed by atoms with Crippen LogP contribution in [0.4, 0.5) is 18.9 Å². The molecule has 1 aliphatic rings. The number of hydrogen-bond donors (Lipinski definition) is 2. The van der Waals surface area contributed by atoms with Gasteiger partial charge in [0, 0.05) is 0 Å². The van der Waals surface area contributed by atoms with Crippen molar-refractivity contribution in [1.29, 1.82) is 0 Å². The molecular formula is C15H13F3N2O. The third kappa shape index (κ3) is 2.66. The van der Waals surface area contributed by atoms with Gasteiger partial charge in [-0.1, -0.05) is 12.1 Å². The number of phenols is 1. The van der Waals surface area contributed by atoms with Crippen molar-refractivity contribution in [3.05, 3.63) is 53.3 Å². The van der Waals surface area contributed by atoms with Crippen molar-refractivity contribution in [2.24, 2.45) is 0 Å². The van der Waals surface area contributed by atoms with E-state index in [-0.39, 0.29) is 11.8 Å². The smallest absolute Gasteiger partial charge is 0.433 e. The van der Waals surface area contributed by atoms with Gasteiger partial charge in [-0.15, -0.1) is 0 Å². The van der Waals surface area contributed by atoms with E-state index in [0.29, 0.717) is 5.69 Å². The van der Waals surface area contributed by atoms with E-state index in [2.05, 4.69) is 10.3 Å². The van der Waals surface area contributed by atoms with Crippen LogP contribution in [-0.4, -0.2) is 10.1 Å². The van der Waals surface area contributed by atoms with E-state index in [4.69, 9.17) is 0 Å². The van der Waals surface area contributed by atoms with Crippen LogP contribution in [0.25, 0.3) is 0 Å². The SMILES string of the molecule is Oc1cccc2c1CCC2Nc1ccc(C(F)(F)F)nc1. The second-order valence-electron chi connectivity index (χ2n) is 5.01. The molecule has 0 radical (unpaired) electrons. The summed E-state index contributed by atoms with van der Waals surface area (Å²) in [6.45, 7) is 0. The summed E-state index contributed by atoms with van der Waals surface area (Å²) >= 11 is 0. The highest BCUT2D eigenvalue weighted by Gasteiger charge is 2.32. The molecule has 2 aromatic rings. The van der Waals surface area contributed by atoms with Crippen LogP contribution in [0, 0.1) is 0 Å². The van der Waals surface area contributed by atoms with E-state index >= 15 is 0 Å². The molecule has 1 aromatic heterocycles. The first-order chi connectivity index (χ1) is 9.95. The number of hydrogen-bond acceptors (Lipinski definition) is 3. The van der Waals surface area contributed by atoms with Gasteiger partial charge >= 0.3 is 6.18 Å². The molecule has 0 fully saturated rings. The van der Waals surface area contributed by atoms with Crippen LogP contribution in [0.2, 0.25) is 0 Å². The van der Waals surface area contributed by atoms with Gasteiger partial charge in [-0.3, -0.25) is 0 Å². The largest absolute Gasteiger partial charge is 0.508 e. The van der Waals surface area contributed by atoms with E-state index in [1.165, 1.54) is 12.3 Å². The fourth-order valence-corrected chi connectivity index (χ4v) is 2.63. The van der Waals surface area contributed by atoms with Gasteiger partial charge in [0.15, 0.2) is 0 Å². The molecule has 21 heavy (non-hydrogen) atoms. The first-order valence-corrected chi connectivity index (χ1v) is 6.55. The third-order valence-electron chi connectivity index (χ3n) is 3.64. The number of nitrogens with one attached hydrogen (secondary N) is 1. The fraction of sp³-hybridized carbons (Fsp3) is 0.267. The summed E-state index contributed by atoms with van der Waals surface area (Å²) in [6, 6.07) is 7.62. The summed E-state index contributed by atoms with van der Waals surface area (Å²) in [5.41, 5.74) is 1.51. The highest BCUT2D eigenvalue weighted by atomic mass is 19.4. The van der Waals surface area contributed by atoms with E-state index in [9.17, 15) is 18.3 Å². The van der Waals surface area contributed by atoms with E-state index in [1.807, 2.05) is 6.07 Å². The molecule has 1 atom stereocenters. The Labute approximate surface area is 119 Å². The Hall–Kier alpha value is -2.24. The number of rotatable bonds is 2. The zero-order valence-electron chi connectivity index (χ0n) is 11.0. The number of aromatic hydroxyl groups is 1. The number of aromatic nitrogens is 1. The Morgan fingerprint density at radius 2 is 2.00 bits per heavy atom. The average Bonchev–Trinajstić information content (AvgIpc) is 2.83. The Morgan fingerprint density at radius 1 is 1.19 bits per heavy atom. The van der Waals surface area contributed by atoms with Crippen LogP contribution >= 0.6 is 0 Å². The van der Waals surface area contributed by atoms with Crippen molar-refractivity contribution < 1.29 is 18.3 Å². The molecule has 0 aliphatic heterocycles. The lowest BCUT2D eigenvalue weighted by Gasteiger charge is -2.16. The summed E-state index contributed by atoms with van der Waals surface area (Å²) in [7, 11) is 0. The van der Waals surface area contributed by atoms with Crippen molar-refractivity contribution in [3.8, 4) is 5.75 Å². The maximum absolute atomic E-state index is 12.5. The van der Waals surface area contributed by atoms with Crippen LogP contribution in [0.5, 0.6) is 5.75 Å². The van der Waals surface area contributed by atoms with Gasteiger partial charge in [-0.05, 0) is 42.2 Å². The van der Waals surface area contributed by atoms with Crippen LogP contribution < -0.4 is 5.32 Å². The van der Waals surface area contributed by atoms with Gasteiger partial charge in [-0.25, -0.2) is 4.98 Å². The predicted octanol–water partition coefficient (Wildman–Crippen LogP) is 3.91. The van der Waals surface area contributed by atoms with Gasteiger partial charge < -0.3 is 10.4 Å². The Morgan fingerprint density at radius 3 is 2.67 bits per heavy atom. The van der Waals surface area contributed by atoms with Crippen LogP contribution in [0.15, 0.2) is 36.5 Å². The monoisotopic (exact) mass is 294 g/mol. The number of phenolic OH excluding ortho intramolecular Hbond substituents is 1. The number of alkyl halides is 3. The topological polar surface area (TPSA) is 45.1 Å². The van der Waals surface area contributed by atoms with E-state index in [0.717, 1.165) is 30.0 Å². The second kappa shape index (κ2) is 4.95. The van der Waals surface area contributed by atoms with Crippen molar-refractivity contribution in [3.63, 3.8) is 0 Å². The minimum Gasteiger partial charge on any atom is -0.508 e. The molecule has 6 heteroatoms. The number of nitrogens with zero attached hydrogens (tertiary/aromatic N) is 1. The summed E-state index contributed by atoms with van der Waals surface area (Å²) in [4.78, 5) is 3.43. The highest BCUT2D eigenvalue weighted by molar-refractivity contribution is 5.50. The Balaban J connectivity index is 1.79. The molecule has 1 unspecified atom stereocenters. The molecular weight excluding hydrogens is 281 g/mol. The van der Waals surface area contributed by atoms with Crippen molar-refractivity contribution in [2.45, 2.75) is 25.1 Å². The van der Waals surface area contributed by atoms with Gasteiger partial charge in [0.1, 0.15) is 11.4 Å². The third-order valence-corrected chi connectivity index (χ3v) is 3.64. The summed E-state index contributed by atoms with van der Waals surface area (Å²) < 4.78 is 37.4.